The Balaban J connectivity index is 1.91. The smallest absolute Gasteiger partial charge is 0.409 e. The van der Waals surface area contributed by atoms with Gasteiger partial charge >= 0.3 is 6.09 Å². The third kappa shape index (κ3) is 2.59. The molecule has 0 unspecified atom stereocenters. The molecule has 0 bridgehead atoms. The van der Waals surface area contributed by atoms with Gasteiger partial charge in [-0.05, 0) is 26.8 Å². The first-order valence-corrected chi connectivity index (χ1v) is 9.21. The second kappa shape index (κ2) is 4.06. The average molecular weight is 241 g/mol. The Morgan fingerprint density at radius 1 is 1.19 bits per heavy atom. The van der Waals surface area contributed by atoms with Crippen LogP contribution in [0.15, 0.2) is 0 Å². The highest BCUT2D eigenvalue weighted by Crippen LogP contribution is 2.38. The zero-order valence-electron chi connectivity index (χ0n) is 10.7. The predicted octanol–water partition coefficient (Wildman–Crippen LogP) is 3.02. The fourth-order valence-electron chi connectivity index (χ4n) is 2.95. The Hall–Kier alpha value is -0.513. The molecule has 2 heterocycles. The summed E-state index contributed by atoms with van der Waals surface area (Å²) in [5, 5.41) is 0. The van der Waals surface area contributed by atoms with E-state index < -0.39 is 8.07 Å². The molecule has 0 aromatic rings. The van der Waals surface area contributed by atoms with Gasteiger partial charge in [0.15, 0.2) is 0 Å². The van der Waals surface area contributed by atoms with Crippen LogP contribution in [-0.4, -0.2) is 37.4 Å². The number of carbonyl (C=O) groups is 1. The molecule has 0 atom stereocenters. The van der Waals surface area contributed by atoms with Gasteiger partial charge in [-0.3, -0.25) is 0 Å². The molecule has 2 fully saturated rings. The first-order valence-electron chi connectivity index (χ1n) is 6.38. The molecule has 2 rings (SSSR count). The Kier molecular flexibility index (Phi) is 3.03. The maximum absolute atomic E-state index is 11.9. The van der Waals surface area contributed by atoms with Crippen LogP contribution in [0.4, 0.5) is 4.79 Å². The van der Waals surface area contributed by atoms with Crippen molar-refractivity contribution >= 4 is 14.2 Å². The number of carbonyl (C=O) groups excluding carboxylic acids is 1. The molecule has 0 aromatic carbocycles. The SMILES string of the molecule is CC(C)(C)OC(=O)N1CC[Si]2(CCCC2)C1. The van der Waals surface area contributed by atoms with Gasteiger partial charge in [-0.25, -0.2) is 4.79 Å². The van der Waals surface area contributed by atoms with Crippen molar-refractivity contribution in [3.05, 3.63) is 0 Å². The van der Waals surface area contributed by atoms with E-state index in [9.17, 15) is 4.79 Å². The lowest BCUT2D eigenvalue weighted by Gasteiger charge is -2.26. The van der Waals surface area contributed by atoms with Crippen molar-refractivity contribution in [1.29, 1.82) is 0 Å². The molecule has 0 radical (unpaired) electrons. The van der Waals surface area contributed by atoms with Crippen LogP contribution in [0.2, 0.25) is 18.1 Å². The van der Waals surface area contributed by atoms with E-state index in [0.29, 0.717) is 0 Å². The van der Waals surface area contributed by atoms with Crippen molar-refractivity contribution in [2.75, 3.05) is 12.7 Å². The molecular formula is C12H23NO2Si. The number of hydrogen-bond acceptors (Lipinski definition) is 2. The summed E-state index contributed by atoms with van der Waals surface area (Å²) in [5.74, 6) is 0. The summed E-state index contributed by atoms with van der Waals surface area (Å²) in [6.45, 7) is 6.75. The summed E-state index contributed by atoms with van der Waals surface area (Å²) >= 11 is 0. The summed E-state index contributed by atoms with van der Waals surface area (Å²) in [6, 6.07) is 4.19. The zero-order valence-corrected chi connectivity index (χ0v) is 11.7. The number of hydrogen-bond donors (Lipinski definition) is 0. The molecule has 2 aliphatic heterocycles. The highest BCUT2D eigenvalue weighted by Gasteiger charge is 2.44. The van der Waals surface area contributed by atoms with Gasteiger partial charge in [0.05, 0.1) is 8.07 Å². The minimum Gasteiger partial charge on any atom is -0.444 e. The van der Waals surface area contributed by atoms with Gasteiger partial charge in [-0.2, -0.15) is 0 Å². The fourth-order valence-corrected chi connectivity index (χ4v) is 8.02. The average Bonchev–Trinajstić information content (AvgIpc) is 2.74. The van der Waals surface area contributed by atoms with Gasteiger partial charge in [0, 0.05) is 12.7 Å². The van der Waals surface area contributed by atoms with Crippen LogP contribution < -0.4 is 0 Å². The highest BCUT2D eigenvalue weighted by molar-refractivity contribution is 6.81. The van der Waals surface area contributed by atoms with Gasteiger partial charge in [-0.1, -0.05) is 24.9 Å². The number of amides is 1. The Bertz CT molecular complexity index is 279. The van der Waals surface area contributed by atoms with E-state index in [4.69, 9.17) is 4.74 Å². The number of rotatable bonds is 0. The van der Waals surface area contributed by atoms with Gasteiger partial charge in [-0.15, -0.1) is 0 Å². The summed E-state index contributed by atoms with van der Waals surface area (Å²) in [7, 11) is -1.05. The first-order chi connectivity index (χ1) is 7.40. The van der Waals surface area contributed by atoms with E-state index in [2.05, 4.69) is 0 Å². The molecule has 0 aromatic heterocycles. The quantitative estimate of drug-likeness (QED) is 0.610. The maximum atomic E-state index is 11.9. The van der Waals surface area contributed by atoms with E-state index in [1.54, 1.807) is 0 Å². The summed E-state index contributed by atoms with van der Waals surface area (Å²) in [5.41, 5.74) is -0.357. The minimum atomic E-state index is -1.05. The monoisotopic (exact) mass is 241 g/mol. The number of ether oxygens (including phenoxy) is 1. The Morgan fingerprint density at radius 3 is 2.38 bits per heavy atom. The second-order valence-corrected chi connectivity index (χ2v) is 11.2. The first kappa shape index (κ1) is 12.0. The van der Waals surface area contributed by atoms with Crippen LogP contribution in [-0.2, 0) is 4.74 Å². The van der Waals surface area contributed by atoms with Crippen LogP contribution in [0.5, 0.6) is 0 Å². The topological polar surface area (TPSA) is 29.5 Å². The minimum absolute atomic E-state index is 0.0937. The largest absolute Gasteiger partial charge is 0.444 e. The molecule has 3 nitrogen and oxygen atoms in total. The highest BCUT2D eigenvalue weighted by atomic mass is 28.3. The van der Waals surface area contributed by atoms with Crippen molar-refractivity contribution in [1.82, 2.24) is 4.90 Å². The lowest BCUT2D eigenvalue weighted by molar-refractivity contribution is 0.0305. The van der Waals surface area contributed by atoms with Gasteiger partial charge in [0.1, 0.15) is 5.60 Å². The van der Waals surface area contributed by atoms with Crippen molar-refractivity contribution in [3.63, 3.8) is 0 Å². The van der Waals surface area contributed by atoms with Crippen molar-refractivity contribution in [3.8, 4) is 0 Å². The normalized spacial score (nSPS) is 24.1. The Morgan fingerprint density at radius 2 is 1.81 bits per heavy atom. The zero-order chi connectivity index (χ0) is 11.8. The lowest BCUT2D eigenvalue weighted by atomic mass is 10.2. The maximum Gasteiger partial charge on any atom is 0.409 e. The second-order valence-electron chi connectivity index (χ2n) is 6.36. The van der Waals surface area contributed by atoms with E-state index in [1.807, 2.05) is 25.7 Å². The van der Waals surface area contributed by atoms with Crippen LogP contribution in [0.3, 0.4) is 0 Å². The molecule has 2 saturated heterocycles. The van der Waals surface area contributed by atoms with Crippen molar-refractivity contribution in [2.45, 2.75) is 57.3 Å². The van der Waals surface area contributed by atoms with Gasteiger partial charge in [0.2, 0.25) is 0 Å². The van der Waals surface area contributed by atoms with Crippen LogP contribution in [0.25, 0.3) is 0 Å². The molecule has 1 spiro atoms. The molecular weight excluding hydrogens is 218 g/mol. The van der Waals surface area contributed by atoms with E-state index in [-0.39, 0.29) is 11.7 Å². The third-order valence-electron chi connectivity index (χ3n) is 3.75. The molecule has 0 saturated carbocycles. The summed E-state index contributed by atoms with van der Waals surface area (Å²) in [4.78, 5) is 13.9. The summed E-state index contributed by atoms with van der Waals surface area (Å²) in [6.07, 6.45) is 3.76. The summed E-state index contributed by atoms with van der Waals surface area (Å²) < 4.78 is 5.43. The molecule has 16 heavy (non-hydrogen) atoms. The molecule has 1 amide bonds. The van der Waals surface area contributed by atoms with E-state index in [0.717, 1.165) is 12.7 Å². The molecule has 0 aliphatic carbocycles. The van der Waals surface area contributed by atoms with E-state index in [1.165, 1.54) is 31.0 Å². The van der Waals surface area contributed by atoms with Crippen LogP contribution in [0.1, 0.15) is 33.6 Å². The van der Waals surface area contributed by atoms with Crippen molar-refractivity contribution in [2.24, 2.45) is 0 Å². The van der Waals surface area contributed by atoms with Gasteiger partial charge in [0.25, 0.3) is 0 Å². The van der Waals surface area contributed by atoms with Crippen LogP contribution in [0, 0.1) is 0 Å². The fraction of sp³-hybridized carbons (Fsp3) is 0.917. The van der Waals surface area contributed by atoms with Crippen molar-refractivity contribution < 1.29 is 9.53 Å². The van der Waals surface area contributed by atoms with E-state index >= 15 is 0 Å². The third-order valence-corrected chi connectivity index (χ3v) is 8.92. The standard InChI is InChI=1S/C12H23NO2Si/c1-12(2,3)15-11(14)13-6-9-16(10-13)7-4-5-8-16/h4-10H2,1-3H3. The predicted molar refractivity (Wildman–Crippen MR) is 67.2 cm³/mol. The van der Waals surface area contributed by atoms with Gasteiger partial charge < -0.3 is 9.64 Å². The lowest BCUT2D eigenvalue weighted by Crippen LogP contribution is -2.40. The molecule has 2 aliphatic rings. The molecule has 92 valence electrons. The Labute approximate surface area is 99.2 Å². The molecule has 0 N–H and O–H groups in total. The van der Waals surface area contributed by atoms with Crippen LogP contribution >= 0.6 is 0 Å². The number of nitrogens with zero attached hydrogens (tertiary/aromatic N) is 1. The molecule has 4 heteroatoms.